The zero-order valence-electron chi connectivity index (χ0n) is 13.2. The van der Waals surface area contributed by atoms with Crippen molar-refractivity contribution in [2.45, 2.75) is 12.6 Å². The molecule has 2 heterocycles. The summed E-state index contributed by atoms with van der Waals surface area (Å²) in [6.45, 7) is 0.227. The third kappa shape index (κ3) is 3.93. The van der Waals surface area contributed by atoms with Crippen LogP contribution >= 0.6 is 22.9 Å². The van der Waals surface area contributed by atoms with Crippen molar-refractivity contribution in [2.24, 2.45) is 0 Å². The molecule has 1 unspecified atom stereocenters. The molecule has 3 aromatic rings. The summed E-state index contributed by atoms with van der Waals surface area (Å²) in [4.78, 5) is 24.0. The molecule has 3 rings (SSSR count). The van der Waals surface area contributed by atoms with Crippen molar-refractivity contribution in [1.29, 1.82) is 0 Å². The molecule has 1 amide bonds. The van der Waals surface area contributed by atoms with E-state index in [1.807, 2.05) is 0 Å². The molecule has 0 saturated carbocycles. The van der Waals surface area contributed by atoms with Gasteiger partial charge in [0.1, 0.15) is 16.9 Å². The molecule has 0 aliphatic rings. The summed E-state index contributed by atoms with van der Waals surface area (Å²) in [5, 5.41) is 23.8. The molecule has 2 aromatic heterocycles. The lowest BCUT2D eigenvalue weighted by molar-refractivity contribution is -0.384. The van der Waals surface area contributed by atoms with Gasteiger partial charge in [0.15, 0.2) is 0 Å². The summed E-state index contributed by atoms with van der Waals surface area (Å²) < 4.78 is 5.18. The maximum absolute atomic E-state index is 12.2. The van der Waals surface area contributed by atoms with Gasteiger partial charge in [-0.1, -0.05) is 11.6 Å². The first-order chi connectivity index (χ1) is 12.5. The highest BCUT2D eigenvalue weighted by Crippen LogP contribution is 2.29. The Morgan fingerprint density at radius 3 is 2.85 bits per heavy atom. The largest absolute Gasteiger partial charge is 0.466 e. The van der Waals surface area contributed by atoms with E-state index in [-0.39, 0.29) is 22.8 Å². The number of furan rings is 1. The van der Waals surface area contributed by atoms with Gasteiger partial charge >= 0.3 is 0 Å². The second-order valence-electron chi connectivity index (χ2n) is 5.33. The highest BCUT2D eigenvalue weighted by Gasteiger charge is 2.18. The normalized spacial score (nSPS) is 11.9. The minimum atomic E-state index is -0.863. The molecule has 134 valence electrons. The Kier molecular flexibility index (Phi) is 5.36. The summed E-state index contributed by atoms with van der Waals surface area (Å²) in [6, 6.07) is 10.8. The lowest BCUT2D eigenvalue weighted by Gasteiger charge is -2.05. The van der Waals surface area contributed by atoms with Gasteiger partial charge in [0.25, 0.3) is 11.6 Å². The number of rotatable bonds is 6. The van der Waals surface area contributed by atoms with Gasteiger partial charge in [-0.15, -0.1) is 11.3 Å². The third-order valence-corrected chi connectivity index (χ3v) is 5.05. The van der Waals surface area contributed by atoms with Crippen LogP contribution in [0.25, 0.3) is 0 Å². The number of carbonyl (C=O) groups is 1. The van der Waals surface area contributed by atoms with Gasteiger partial charge in [-0.3, -0.25) is 14.9 Å². The van der Waals surface area contributed by atoms with Crippen LogP contribution in [0.4, 0.5) is 5.69 Å². The number of halogens is 1. The lowest BCUT2D eigenvalue weighted by Crippen LogP contribution is -2.22. The topological polar surface area (TPSA) is 106 Å². The number of hydrogen-bond acceptors (Lipinski definition) is 6. The van der Waals surface area contributed by atoms with Gasteiger partial charge in [-0.25, -0.2) is 0 Å². The minimum Gasteiger partial charge on any atom is -0.466 e. The van der Waals surface area contributed by atoms with Crippen LogP contribution in [0.2, 0.25) is 5.02 Å². The SMILES string of the molecule is O=C(NCc1ccc(C(O)c2ccco2)s1)c1ccc(Cl)c([N+](=O)[O-])c1. The summed E-state index contributed by atoms with van der Waals surface area (Å²) >= 11 is 7.07. The Balaban J connectivity index is 1.65. The zero-order chi connectivity index (χ0) is 18.7. The Bertz CT molecular complexity index is 939. The van der Waals surface area contributed by atoms with Crippen LogP contribution in [0.1, 0.15) is 32.0 Å². The number of thiophene rings is 1. The van der Waals surface area contributed by atoms with Crippen molar-refractivity contribution in [2.75, 3.05) is 0 Å². The first-order valence-electron chi connectivity index (χ1n) is 7.48. The Hall–Kier alpha value is -2.68. The van der Waals surface area contributed by atoms with Crippen molar-refractivity contribution in [1.82, 2.24) is 5.32 Å². The van der Waals surface area contributed by atoms with E-state index < -0.39 is 16.9 Å². The van der Waals surface area contributed by atoms with Gasteiger partial charge in [-0.2, -0.15) is 0 Å². The molecule has 2 N–H and O–H groups in total. The maximum Gasteiger partial charge on any atom is 0.288 e. The Morgan fingerprint density at radius 1 is 1.35 bits per heavy atom. The second kappa shape index (κ2) is 7.69. The number of nitrogens with zero attached hydrogens (tertiary/aromatic N) is 1. The summed E-state index contributed by atoms with van der Waals surface area (Å²) in [5.41, 5.74) is -0.173. The van der Waals surface area contributed by atoms with E-state index >= 15 is 0 Å². The molecule has 0 fully saturated rings. The molecule has 26 heavy (non-hydrogen) atoms. The molecule has 9 heteroatoms. The van der Waals surface area contributed by atoms with E-state index in [2.05, 4.69) is 5.32 Å². The standard InChI is InChI=1S/C17H13ClN2O5S/c18-12-5-3-10(8-13(12)20(23)24)17(22)19-9-11-4-6-15(26-11)16(21)14-2-1-7-25-14/h1-8,16,21H,9H2,(H,19,22). The number of nitro benzene ring substituents is 1. The average molecular weight is 393 g/mol. The van der Waals surface area contributed by atoms with Crippen LogP contribution in [0.15, 0.2) is 53.1 Å². The van der Waals surface area contributed by atoms with Crippen LogP contribution < -0.4 is 5.32 Å². The van der Waals surface area contributed by atoms with Crippen LogP contribution in [0.3, 0.4) is 0 Å². The van der Waals surface area contributed by atoms with Gasteiger partial charge in [0, 0.05) is 21.4 Å². The number of carbonyl (C=O) groups excluding carboxylic acids is 1. The predicted octanol–water partition coefficient (Wildman–Crippen LogP) is 3.91. The van der Waals surface area contributed by atoms with Crippen molar-refractivity contribution in [3.8, 4) is 0 Å². The number of benzene rings is 1. The first-order valence-corrected chi connectivity index (χ1v) is 8.67. The molecule has 7 nitrogen and oxygen atoms in total. The molecule has 1 atom stereocenters. The van der Waals surface area contributed by atoms with Gasteiger partial charge < -0.3 is 14.8 Å². The highest BCUT2D eigenvalue weighted by atomic mass is 35.5. The van der Waals surface area contributed by atoms with Crippen molar-refractivity contribution in [3.63, 3.8) is 0 Å². The molecule has 0 radical (unpaired) electrons. The van der Waals surface area contributed by atoms with Crippen molar-refractivity contribution in [3.05, 3.63) is 84.9 Å². The van der Waals surface area contributed by atoms with E-state index in [0.717, 1.165) is 10.9 Å². The molecular weight excluding hydrogens is 380 g/mol. The van der Waals surface area contributed by atoms with E-state index in [1.54, 1.807) is 24.3 Å². The first kappa shape index (κ1) is 18.1. The summed E-state index contributed by atoms with van der Waals surface area (Å²) in [7, 11) is 0. The number of aliphatic hydroxyl groups is 1. The number of hydrogen-bond donors (Lipinski definition) is 2. The van der Waals surface area contributed by atoms with Crippen LogP contribution in [0.5, 0.6) is 0 Å². The van der Waals surface area contributed by atoms with Crippen LogP contribution in [-0.4, -0.2) is 15.9 Å². The van der Waals surface area contributed by atoms with Crippen molar-refractivity contribution >= 4 is 34.5 Å². The van der Waals surface area contributed by atoms with E-state index in [0.29, 0.717) is 10.6 Å². The second-order valence-corrected chi connectivity index (χ2v) is 6.94. The van der Waals surface area contributed by atoms with Crippen molar-refractivity contribution < 1.29 is 19.2 Å². The Labute approximate surface area is 157 Å². The van der Waals surface area contributed by atoms with Crippen LogP contribution in [0, 0.1) is 10.1 Å². The quantitative estimate of drug-likeness (QED) is 0.488. The highest BCUT2D eigenvalue weighted by molar-refractivity contribution is 7.12. The third-order valence-electron chi connectivity index (χ3n) is 3.59. The molecule has 0 bridgehead atoms. The van der Waals surface area contributed by atoms with E-state index in [9.17, 15) is 20.0 Å². The number of nitrogens with one attached hydrogen (secondary N) is 1. The molecule has 1 aromatic carbocycles. The number of aliphatic hydroxyl groups excluding tert-OH is 1. The average Bonchev–Trinajstić information content (AvgIpc) is 3.31. The van der Waals surface area contributed by atoms with Gasteiger partial charge in [0.05, 0.1) is 17.7 Å². The van der Waals surface area contributed by atoms with Crippen LogP contribution in [-0.2, 0) is 6.54 Å². The van der Waals surface area contributed by atoms with E-state index in [1.165, 1.54) is 29.7 Å². The summed E-state index contributed by atoms with van der Waals surface area (Å²) in [5.74, 6) is -0.0118. The Morgan fingerprint density at radius 2 is 2.15 bits per heavy atom. The zero-order valence-corrected chi connectivity index (χ0v) is 14.8. The summed E-state index contributed by atoms with van der Waals surface area (Å²) in [6.07, 6.45) is 0.622. The van der Waals surface area contributed by atoms with Gasteiger partial charge in [0.2, 0.25) is 0 Å². The molecule has 0 spiro atoms. The number of amides is 1. The van der Waals surface area contributed by atoms with E-state index in [4.69, 9.17) is 16.0 Å². The lowest BCUT2D eigenvalue weighted by atomic mass is 10.2. The fraction of sp³-hybridized carbons (Fsp3) is 0.118. The fourth-order valence-corrected chi connectivity index (χ4v) is 3.42. The monoisotopic (exact) mass is 392 g/mol. The smallest absolute Gasteiger partial charge is 0.288 e. The minimum absolute atomic E-state index is 0.0265. The predicted molar refractivity (Wildman–Crippen MR) is 96.4 cm³/mol. The molecule has 0 aliphatic carbocycles. The fourth-order valence-electron chi connectivity index (χ4n) is 2.29. The molecule has 0 saturated heterocycles. The maximum atomic E-state index is 12.2. The molecular formula is C17H13ClN2O5S. The number of nitro groups is 1. The van der Waals surface area contributed by atoms with Gasteiger partial charge in [-0.05, 0) is 36.4 Å². The molecule has 0 aliphatic heterocycles.